The molecule has 0 spiro atoms. The fourth-order valence-electron chi connectivity index (χ4n) is 5.84. The molecule has 5 atom stereocenters. The van der Waals surface area contributed by atoms with Crippen molar-refractivity contribution in [3.8, 4) is 0 Å². The van der Waals surface area contributed by atoms with Gasteiger partial charge in [-0.2, -0.15) is 11.8 Å². The van der Waals surface area contributed by atoms with Crippen LogP contribution >= 0.6 is 19.6 Å². The first-order chi connectivity index (χ1) is 25.4. The number of aromatic amines is 1. The van der Waals surface area contributed by atoms with E-state index >= 15 is 0 Å². The number of nitrogens with one attached hydrogen (secondary N) is 1. The van der Waals surface area contributed by atoms with Gasteiger partial charge in [0.15, 0.2) is 0 Å². The molecule has 2 rings (SSSR count). The molecule has 50 heavy (non-hydrogen) atoms. The minimum absolute atomic E-state index is 0.0774. The van der Waals surface area contributed by atoms with Gasteiger partial charge in [-0.3, -0.25) is 23.4 Å². The summed E-state index contributed by atoms with van der Waals surface area (Å²) >= 11 is 1.74. The van der Waals surface area contributed by atoms with Gasteiger partial charge in [-0.15, -0.1) is 0 Å². The molecule has 2 unspecified atom stereocenters. The van der Waals surface area contributed by atoms with Gasteiger partial charge in [0.1, 0.15) is 6.23 Å². The normalized spacial score (nSPS) is 20.5. The number of nitrogens with zero attached hydrogens (tertiary/aromatic N) is 4. The number of azide groups is 1. The summed E-state index contributed by atoms with van der Waals surface area (Å²) in [6.45, 7) is 1.49. The van der Waals surface area contributed by atoms with Gasteiger partial charge >= 0.3 is 13.5 Å². The van der Waals surface area contributed by atoms with Gasteiger partial charge in [0.2, 0.25) is 0 Å². The van der Waals surface area contributed by atoms with Gasteiger partial charge in [0.25, 0.3) is 5.56 Å². The van der Waals surface area contributed by atoms with E-state index < -0.39 is 62.6 Å². The van der Waals surface area contributed by atoms with E-state index in [1.165, 1.54) is 89.9 Å². The Morgan fingerprint density at radius 1 is 1.02 bits per heavy atom. The lowest BCUT2D eigenvalue weighted by Gasteiger charge is -2.21. The number of rotatable bonds is 31. The molecule has 2 heterocycles. The summed E-state index contributed by atoms with van der Waals surface area (Å²) in [6, 6.07) is -0.926. The minimum atomic E-state index is -4.61. The Labute approximate surface area is 307 Å². The van der Waals surface area contributed by atoms with Crippen LogP contribution in [0.5, 0.6) is 0 Å². The standard InChI is InChI=1S/C35H64N5O8PS/c1-4-6-8-10-12-14-15-17-19-21-23-50-28-30(45-22-20-18-16-13-11-9-7-5-2)26-46-49(43,44)47-27-32-31(38-39-36)24-33(48-32)40-25-29(3)34(41)37-35(40)42/h25,30-33H,4-24,26-28H2,1-3H3,(H,43,44)(H,37,41,42)/t30?,31-,32+,33+/m0/s1/i3D3. The van der Waals surface area contributed by atoms with Crippen molar-refractivity contribution < 1.29 is 32.1 Å². The monoisotopic (exact) mass is 748 g/mol. The van der Waals surface area contributed by atoms with Crippen LogP contribution in [0.2, 0.25) is 0 Å². The average molecular weight is 749 g/mol. The first kappa shape index (κ1) is 39.6. The van der Waals surface area contributed by atoms with Crippen LogP contribution in [-0.4, -0.2) is 64.0 Å². The summed E-state index contributed by atoms with van der Waals surface area (Å²) < 4.78 is 59.2. The van der Waals surface area contributed by atoms with Crippen molar-refractivity contribution in [2.45, 2.75) is 167 Å². The van der Waals surface area contributed by atoms with Crippen molar-refractivity contribution in [2.75, 3.05) is 31.3 Å². The SMILES string of the molecule is [2H]C([2H])([2H])c1cn([C@H]2C[C@H](N=[N+]=[N-])[C@@H](COP(=O)(O)OCC(CSCCCCCCCCCCCC)OCCCCCCCCCC)O2)c(=O)[nH]c1=O. The maximum absolute atomic E-state index is 13.0. The summed E-state index contributed by atoms with van der Waals surface area (Å²) in [7, 11) is -4.61. The number of unbranched alkanes of at least 4 members (excludes halogenated alkanes) is 16. The molecule has 1 fully saturated rings. The van der Waals surface area contributed by atoms with Crippen LogP contribution in [0, 0.1) is 6.85 Å². The van der Waals surface area contributed by atoms with Crippen molar-refractivity contribution in [3.05, 3.63) is 43.0 Å². The number of ether oxygens (including phenoxy) is 2. The lowest BCUT2D eigenvalue weighted by atomic mass is 10.1. The molecule has 0 aromatic carbocycles. The van der Waals surface area contributed by atoms with Crippen LogP contribution < -0.4 is 11.2 Å². The second-order valence-electron chi connectivity index (χ2n) is 13.1. The van der Waals surface area contributed by atoms with Crippen LogP contribution in [-0.2, 0) is 23.1 Å². The highest BCUT2D eigenvalue weighted by atomic mass is 32.2. The highest BCUT2D eigenvalue weighted by Crippen LogP contribution is 2.45. The zero-order valence-corrected chi connectivity index (χ0v) is 32.0. The molecule has 2 N–H and O–H groups in total. The Bertz CT molecular complexity index is 1360. The number of aromatic nitrogens is 2. The predicted octanol–water partition coefficient (Wildman–Crippen LogP) is 9.13. The van der Waals surface area contributed by atoms with Crippen molar-refractivity contribution in [1.82, 2.24) is 9.55 Å². The van der Waals surface area contributed by atoms with E-state index in [0.717, 1.165) is 42.2 Å². The first-order valence-corrected chi connectivity index (χ1v) is 21.4. The second kappa shape index (κ2) is 27.0. The van der Waals surface area contributed by atoms with Crippen molar-refractivity contribution in [3.63, 3.8) is 0 Å². The maximum Gasteiger partial charge on any atom is 0.472 e. The molecule has 288 valence electrons. The van der Waals surface area contributed by atoms with Crippen LogP contribution in [0.3, 0.4) is 0 Å². The number of phosphoric acid groups is 1. The zero-order valence-electron chi connectivity index (χ0n) is 33.3. The molecule has 1 aromatic heterocycles. The minimum Gasteiger partial charge on any atom is -0.375 e. The average Bonchev–Trinajstić information content (AvgIpc) is 3.50. The Kier molecular flexibility index (Phi) is 21.4. The number of hydrogen-bond acceptors (Lipinski definition) is 9. The molecule has 0 radical (unpaired) electrons. The fraction of sp³-hybridized carbons (Fsp3) is 0.886. The third-order valence-electron chi connectivity index (χ3n) is 8.81. The van der Waals surface area contributed by atoms with Gasteiger partial charge in [-0.25, -0.2) is 9.36 Å². The van der Waals surface area contributed by atoms with Gasteiger partial charge in [0.05, 0.1) is 31.5 Å². The molecule has 1 aromatic rings. The van der Waals surface area contributed by atoms with Gasteiger partial charge in [-0.05, 0) is 31.0 Å². The molecule has 1 aliphatic rings. The number of H-pyrrole nitrogens is 1. The molecular formula is C35H64N5O8PS. The van der Waals surface area contributed by atoms with Crippen molar-refractivity contribution in [2.24, 2.45) is 5.11 Å². The molecule has 0 aliphatic carbocycles. The van der Waals surface area contributed by atoms with E-state index in [1.54, 1.807) is 11.8 Å². The summed E-state index contributed by atoms with van der Waals surface area (Å²) in [5.74, 6) is 1.57. The van der Waals surface area contributed by atoms with E-state index in [2.05, 4.69) is 23.9 Å². The largest absolute Gasteiger partial charge is 0.472 e. The number of thioether (sulfide) groups is 1. The van der Waals surface area contributed by atoms with E-state index in [4.69, 9.17) is 28.2 Å². The highest BCUT2D eigenvalue weighted by Gasteiger charge is 2.38. The number of hydrogen-bond donors (Lipinski definition) is 2. The Hall–Kier alpha value is -1.63. The van der Waals surface area contributed by atoms with Crippen LogP contribution in [0.4, 0.5) is 0 Å². The molecule has 13 nitrogen and oxygen atoms in total. The summed E-state index contributed by atoms with van der Waals surface area (Å²) in [6.07, 6.45) is 20.2. The quantitative estimate of drug-likeness (QED) is 0.0246. The Morgan fingerprint density at radius 2 is 1.62 bits per heavy atom. The Morgan fingerprint density at radius 3 is 2.22 bits per heavy atom. The van der Waals surface area contributed by atoms with E-state index in [1.807, 2.05) is 4.98 Å². The summed E-state index contributed by atoms with van der Waals surface area (Å²) in [4.78, 5) is 39.9. The van der Waals surface area contributed by atoms with Crippen LogP contribution in [0.15, 0.2) is 20.9 Å². The number of phosphoric ester groups is 1. The topological polar surface area (TPSA) is 178 Å². The molecule has 0 amide bonds. The van der Waals surface area contributed by atoms with Crippen LogP contribution in [0.25, 0.3) is 10.4 Å². The smallest absolute Gasteiger partial charge is 0.375 e. The summed E-state index contributed by atoms with van der Waals surface area (Å²) in [5.41, 5.74) is 6.50. The second-order valence-corrected chi connectivity index (χ2v) is 15.7. The summed E-state index contributed by atoms with van der Waals surface area (Å²) in [5, 5.41) is 3.67. The number of aryl methyl sites for hydroxylation is 1. The zero-order chi connectivity index (χ0) is 39.0. The third-order valence-corrected chi connectivity index (χ3v) is 10.9. The van der Waals surface area contributed by atoms with Crippen molar-refractivity contribution >= 4 is 19.6 Å². The van der Waals surface area contributed by atoms with E-state index in [-0.39, 0.29) is 13.0 Å². The molecule has 1 saturated heterocycles. The van der Waals surface area contributed by atoms with Crippen molar-refractivity contribution in [1.29, 1.82) is 0 Å². The first-order valence-electron chi connectivity index (χ1n) is 20.3. The maximum atomic E-state index is 13.0. The van der Waals surface area contributed by atoms with Gasteiger partial charge < -0.3 is 14.4 Å². The lowest BCUT2D eigenvalue weighted by molar-refractivity contribution is -0.0315. The van der Waals surface area contributed by atoms with Gasteiger partial charge in [-0.1, -0.05) is 122 Å². The Balaban J connectivity index is 1.88. The molecule has 1 aliphatic heterocycles. The third kappa shape index (κ3) is 19.3. The van der Waals surface area contributed by atoms with Gasteiger partial charge in [0, 0.05) is 39.6 Å². The van der Waals surface area contributed by atoms with E-state index in [0.29, 0.717) is 12.4 Å². The molecule has 0 saturated carbocycles. The van der Waals surface area contributed by atoms with E-state index in [9.17, 15) is 19.0 Å². The molecule has 0 bridgehead atoms. The highest BCUT2D eigenvalue weighted by molar-refractivity contribution is 7.99. The predicted molar refractivity (Wildman–Crippen MR) is 201 cm³/mol. The lowest BCUT2D eigenvalue weighted by Crippen LogP contribution is -2.33. The molecular weight excluding hydrogens is 681 g/mol. The van der Waals surface area contributed by atoms with Crippen LogP contribution in [0.1, 0.15) is 152 Å². The molecule has 15 heteroatoms. The fourth-order valence-corrected chi connectivity index (χ4v) is 7.64.